The van der Waals surface area contributed by atoms with E-state index in [0.29, 0.717) is 18.1 Å². The first-order valence-corrected chi connectivity index (χ1v) is 10.3. The fraction of sp³-hybridized carbons (Fsp3) is 0.130. The third-order valence-electron chi connectivity index (χ3n) is 4.86. The quantitative estimate of drug-likeness (QED) is 0.281. The molecule has 168 valence electrons. The first kappa shape index (κ1) is 22.1. The summed E-state index contributed by atoms with van der Waals surface area (Å²) in [7, 11) is 0. The van der Waals surface area contributed by atoms with Crippen molar-refractivity contribution in [2.24, 2.45) is 0 Å². The molecule has 0 aliphatic carbocycles. The Kier molecular flexibility index (Phi) is 6.41. The van der Waals surface area contributed by atoms with Gasteiger partial charge in [-0.15, -0.1) is 0 Å². The van der Waals surface area contributed by atoms with E-state index in [0.717, 1.165) is 11.1 Å². The second-order valence-electron chi connectivity index (χ2n) is 7.21. The van der Waals surface area contributed by atoms with Crippen molar-refractivity contribution in [3.63, 3.8) is 0 Å². The number of nitrogens with one attached hydrogen (secondary N) is 1. The largest absolute Gasteiger partial charge is 0.484 e. The maximum Gasteiger partial charge on any atom is 0.292 e. The number of hydrogen-bond donors (Lipinski definition) is 1. The van der Waals surface area contributed by atoms with E-state index in [1.165, 1.54) is 24.3 Å². The standard InChI is InChI=1S/C23H19ClN4O5/c1-15-4-2-3-5-16(15)13-27-11-10-22(26-27)25-23(29)20-9-7-18(33-20)14-32-21-12-17(28(30)31)6-8-19(21)24/h2-12H,13-14H2,1H3,(H,25,26,29). The van der Waals surface area contributed by atoms with E-state index in [1.807, 2.05) is 31.2 Å². The zero-order valence-corrected chi connectivity index (χ0v) is 18.3. The van der Waals surface area contributed by atoms with Crippen molar-refractivity contribution >= 4 is 29.0 Å². The summed E-state index contributed by atoms with van der Waals surface area (Å²) in [5, 5.41) is 18.2. The van der Waals surface area contributed by atoms with Crippen LogP contribution in [0.25, 0.3) is 0 Å². The molecule has 0 radical (unpaired) electrons. The van der Waals surface area contributed by atoms with Gasteiger partial charge in [0.2, 0.25) is 0 Å². The molecule has 0 unspecified atom stereocenters. The zero-order chi connectivity index (χ0) is 23.4. The summed E-state index contributed by atoms with van der Waals surface area (Å²) in [4.78, 5) is 22.9. The molecule has 2 aromatic heterocycles. The maximum atomic E-state index is 12.5. The summed E-state index contributed by atoms with van der Waals surface area (Å²) in [5.41, 5.74) is 2.16. The smallest absolute Gasteiger partial charge is 0.292 e. The third-order valence-corrected chi connectivity index (χ3v) is 5.17. The van der Waals surface area contributed by atoms with Crippen LogP contribution in [0.15, 0.2) is 71.3 Å². The number of nitro groups is 1. The van der Waals surface area contributed by atoms with E-state index >= 15 is 0 Å². The zero-order valence-electron chi connectivity index (χ0n) is 17.5. The number of rotatable bonds is 8. The lowest BCUT2D eigenvalue weighted by Crippen LogP contribution is -2.12. The molecule has 0 aliphatic rings. The van der Waals surface area contributed by atoms with Crippen molar-refractivity contribution in [3.05, 3.63) is 105 Å². The van der Waals surface area contributed by atoms with Crippen LogP contribution >= 0.6 is 11.6 Å². The molecule has 9 nitrogen and oxygen atoms in total. The minimum Gasteiger partial charge on any atom is -0.484 e. The maximum absolute atomic E-state index is 12.5. The van der Waals surface area contributed by atoms with Gasteiger partial charge in [0.1, 0.15) is 18.1 Å². The Labute approximate surface area is 193 Å². The number of carbonyl (C=O) groups is 1. The number of hydrogen-bond acceptors (Lipinski definition) is 6. The Morgan fingerprint density at radius 2 is 2.03 bits per heavy atom. The number of nitro benzene ring substituents is 1. The number of amides is 1. The van der Waals surface area contributed by atoms with Crippen molar-refractivity contribution in [1.29, 1.82) is 0 Å². The molecule has 0 fully saturated rings. The Morgan fingerprint density at radius 1 is 1.21 bits per heavy atom. The highest BCUT2D eigenvalue weighted by Crippen LogP contribution is 2.29. The van der Waals surface area contributed by atoms with Crippen LogP contribution in [-0.4, -0.2) is 20.6 Å². The van der Waals surface area contributed by atoms with E-state index in [9.17, 15) is 14.9 Å². The molecule has 2 heterocycles. The van der Waals surface area contributed by atoms with E-state index < -0.39 is 10.8 Å². The van der Waals surface area contributed by atoms with E-state index in [4.69, 9.17) is 20.8 Å². The summed E-state index contributed by atoms with van der Waals surface area (Å²) in [6, 6.07) is 16.7. The molecule has 0 saturated heterocycles. The summed E-state index contributed by atoms with van der Waals surface area (Å²) in [6.07, 6.45) is 1.78. The van der Waals surface area contributed by atoms with Crippen LogP contribution in [0, 0.1) is 17.0 Å². The molecule has 2 aromatic carbocycles. The van der Waals surface area contributed by atoms with Crippen molar-refractivity contribution in [1.82, 2.24) is 9.78 Å². The third kappa shape index (κ3) is 5.39. The van der Waals surface area contributed by atoms with Crippen LogP contribution in [0.2, 0.25) is 5.02 Å². The van der Waals surface area contributed by atoms with Crippen molar-refractivity contribution < 1.29 is 18.9 Å². The topological polar surface area (TPSA) is 112 Å². The molecule has 0 atom stereocenters. The number of furan rings is 1. The van der Waals surface area contributed by atoms with Gasteiger partial charge in [-0.2, -0.15) is 5.10 Å². The predicted molar refractivity (Wildman–Crippen MR) is 122 cm³/mol. The minimum atomic E-state index is -0.541. The van der Waals surface area contributed by atoms with Crippen molar-refractivity contribution in [3.8, 4) is 5.75 Å². The second kappa shape index (κ2) is 9.58. The molecule has 0 aliphatic heterocycles. The molecule has 1 N–H and O–H groups in total. The molecule has 33 heavy (non-hydrogen) atoms. The summed E-state index contributed by atoms with van der Waals surface area (Å²) in [5.74, 6) is 0.509. The Hall–Kier alpha value is -4.11. The van der Waals surface area contributed by atoms with Gasteiger partial charge < -0.3 is 14.5 Å². The molecule has 0 saturated carbocycles. The SMILES string of the molecule is Cc1ccccc1Cn1ccc(NC(=O)c2ccc(COc3cc([N+](=O)[O-])ccc3Cl)o2)n1. The van der Waals surface area contributed by atoms with Crippen LogP contribution in [-0.2, 0) is 13.2 Å². The van der Waals surface area contributed by atoms with Crippen LogP contribution in [0.5, 0.6) is 5.75 Å². The van der Waals surface area contributed by atoms with Gasteiger partial charge in [-0.25, -0.2) is 0 Å². The van der Waals surface area contributed by atoms with Crippen LogP contribution in [0.4, 0.5) is 11.5 Å². The number of non-ortho nitro benzene ring substituents is 1. The lowest BCUT2D eigenvalue weighted by Gasteiger charge is -2.06. The highest BCUT2D eigenvalue weighted by molar-refractivity contribution is 6.32. The number of carbonyl (C=O) groups excluding carboxylic acids is 1. The van der Waals surface area contributed by atoms with Gasteiger partial charge in [-0.05, 0) is 36.2 Å². The van der Waals surface area contributed by atoms with Gasteiger partial charge in [0.25, 0.3) is 11.6 Å². The van der Waals surface area contributed by atoms with Gasteiger partial charge in [-0.1, -0.05) is 35.9 Å². The van der Waals surface area contributed by atoms with Crippen LogP contribution in [0.1, 0.15) is 27.4 Å². The minimum absolute atomic E-state index is 0.0563. The lowest BCUT2D eigenvalue weighted by atomic mass is 10.1. The number of benzene rings is 2. The molecular formula is C23H19ClN4O5. The fourth-order valence-corrected chi connectivity index (χ4v) is 3.27. The Morgan fingerprint density at radius 3 is 2.82 bits per heavy atom. The average Bonchev–Trinajstić information content (AvgIpc) is 3.44. The number of aryl methyl sites for hydroxylation is 1. The molecule has 1 amide bonds. The number of ether oxygens (including phenoxy) is 1. The van der Waals surface area contributed by atoms with Gasteiger partial charge in [0.05, 0.1) is 22.6 Å². The van der Waals surface area contributed by atoms with Gasteiger partial charge in [-0.3, -0.25) is 19.6 Å². The van der Waals surface area contributed by atoms with E-state index in [1.54, 1.807) is 23.0 Å². The van der Waals surface area contributed by atoms with E-state index in [2.05, 4.69) is 10.4 Å². The lowest BCUT2D eigenvalue weighted by molar-refractivity contribution is -0.384. The highest BCUT2D eigenvalue weighted by atomic mass is 35.5. The summed E-state index contributed by atoms with van der Waals surface area (Å²) >= 11 is 6.02. The number of aromatic nitrogens is 2. The van der Waals surface area contributed by atoms with Crippen LogP contribution < -0.4 is 10.1 Å². The Bertz CT molecular complexity index is 1310. The van der Waals surface area contributed by atoms with Gasteiger partial charge >= 0.3 is 0 Å². The van der Waals surface area contributed by atoms with Crippen LogP contribution in [0.3, 0.4) is 0 Å². The normalized spacial score (nSPS) is 10.7. The highest BCUT2D eigenvalue weighted by Gasteiger charge is 2.15. The monoisotopic (exact) mass is 466 g/mol. The molecule has 4 rings (SSSR count). The molecule has 10 heteroatoms. The van der Waals surface area contributed by atoms with Crippen molar-refractivity contribution in [2.45, 2.75) is 20.1 Å². The van der Waals surface area contributed by atoms with Gasteiger partial charge in [0.15, 0.2) is 11.6 Å². The van der Waals surface area contributed by atoms with Crippen molar-refractivity contribution in [2.75, 3.05) is 5.32 Å². The molecular weight excluding hydrogens is 448 g/mol. The first-order valence-electron chi connectivity index (χ1n) is 9.94. The number of nitrogens with zero attached hydrogens (tertiary/aromatic N) is 3. The fourth-order valence-electron chi connectivity index (χ4n) is 3.10. The number of halogens is 1. The summed E-state index contributed by atoms with van der Waals surface area (Å²) in [6.45, 7) is 2.57. The van der Waals surface area contributed by atoms with Gasteiger partial charge in [0, 0.05) is 18.3 Å². The molecule has 0 bridgehead atoms. The molecule has 4 aromatic rings. The van der Waals surface area contributed by atoms with E-state index in [-0.39, 0.29) is 28.8 Å². The average molecular weight is 467 g/mol. The summed E-state index contributed by atoms with van der Waals surface area (Å²) < 4.78 is 12.8. The second-order valence-corrected chi connectivity index (χ2v) is 7.61. The molecule has 0 spiro atoms. The first-order chi connectivity index (χ1) is 15.9. The number of anilines is 1. The Balaban J connectivity index is 1.36. The predicted octanol–water partition coefficient (Wildman–Crippen LogP) is 5.23.